The Labute approximate surface area is 95.2 Å². The minimum atomic E-state index is -0.411. The van der Waals surface area contributed by atoms with Crippen molar-refractivity contribution >= 4 is 6.09 Å². The fourth-order valence-electron chi connectivity index (χ4n) is 1.30. The van der Waals surface area contributed by atoms with E-state index in [-0.39, 0.29) is 6.61 Å². The van der Waals surface area contributed by atoms with E-state index >= 15 is 0 Å². The third-order valence-electron chi connectivity index (χ3n) is 2.13. The summed E-state index contributed by atoms with van der Waals surface area (Å²) >= 11 is 0. The molecule has 0 aromatic heterocycles. The molecular weight excluding hydrogens is 206 g/mol. The molecule has 87 valence electrons. The third-order valence-corrected chi connectivity index (χ3v) is 2.13. The Bertz CT molecular complexity index is 322. The van der Waals surface area contributed by atoms with Gasteiger partial charge in [0.2, 0.25) is 0 Å². The van der Waals surface area contributed by atoms with E-state index in [0.29, 0.717) is 19.6 Å². The van der Waals surface area contributed by atoms with Crippen LogP contribution in [0.5, 0.6) is 0 Å². The molecule has 0 fully saturated rings. The monoisotopic (exact) mass is 222 g/mol. The first kappa shape index (κ1) is 12.5. The summed E-state index contributed by atoms with van der Waals surface area (Å²) in [5.74, 6) is 0. The lowest BCUT2D eigenvalue weighted by Gasteiger charge is -2.05. The minimum Gasteiger partial charge on any atom is -0.450 e. The van der Waals surface area contributed by atoms with Crippen LogP contribution in [0.25, 0.3) is 0 Å². The molecule has 4 nitrogen and oxygen atoms in total. The summed E-state index contributed by atoms with van der Waals surface area (Å²) in [5.41, 5.74) is 2.01. The number of alkyl carbamates (subject to hydrolysis) is 1. The number of amides is 1. The van der Waals surface area contributed by atoms with E-state index in [1.807, 2.05) is 24.3 Å². The molecule has 0 heterocycles. The maximum atomic E-state index is 11.0. The van der Waals surface area contributed by atoms with Crippen LogP contribution < -0.4 is 5.32 Å². The molecule has 1 N–H and O–H groups in total. The Hall–Kier alpha value is -1.55. The van der Waals surface area contributed by atoms with Crippen LogP contribution >= 0.6 is 0 Å². The molecule has 0 atom stereocenters. The highest BCUT2D eigenvalue weighted by atomic mass is 16.5. The van der Waals surface area contributed by atoms with E-state index < -0.39 is 6.09 Å². The van der Waals surface area contributed by atoms with Crippen molar-refractivity contribution in [2.24, 2.45) is 0 Å². The summed E-state index contributed by atoms with van der Waals surface area (Å²) in [4.78, 5) is 11.0. The number of ether oxygens (including phenoxy) is 1. The van der Waals surface area contributed by atoms with Crippen LogP contribution in [-0.2, 0) is 22.8 Å². The van der Waals surface area contributed by atoms with Crippen molar-refractivity contribution in [3.8, 4) is 0 Å². The van der Waals surface area contributed by atoms with Gasteiger partial charge in [0, 0.05) is 6.54 Å². The smallest absolute Gasteiger partial charge is 0.407 e. The van der Waals surface area contributed by atoms with Crippen LogP contribution in [-0.4, -0.2) is 19.3 Å². The van der Waals surface area contributed by atoms with Crippen molar-refractivity contribution in [1.29, 1.82) is 0 Å². The van der Waals surface area contributed by atoms with Gasteiger partial charge in [0.15, 0.2) is 0 Å². The maximum absolute atomic E-state index is 11.0. The van der Waals surface area contributed by atoms with Crippen molar-refractivity contribution in [1.82, 2.24) is 5.32 Å². The van der Waals surface area contributed by atoms with Gasteiger partial charge in [0.05, 0.1) is 13.2 Å². The van der Waals surface area contributed by atoms with E-state index in [4.69, 9.17) is 4.74 Å². The third kappa shape index (κ3) is 4.31. The zero-order chi connectivity index (χ0) is 11.8. The Balaban J connectivity index is 2.40. The Morgan fingerprint density at radius 3 is 2.44 bits per heavy atom. The number of hydrogen-bond donors (Lipinski definition) is 1. The molecule has 0 aliphatic rings. The van der Waals surface area contributed by atoms with Gasteiger partial charge in [-0.15, -0.1) is 0 Å². The van der Waals surface area contributed by atoms with Gasteiger partial charge in [-0.1, -0.05) is 24.3 Å². The van der Waals surface area contributed by atoms with Gasteiger partial charge < -0.3 is 10.1 Å². The number of hydrogen-bond acceptors (Lipinski definition) is 2. The number of benzene rings is 1. The van der Waals surface area contributed by atoms with E-state index in [2.05, 4.69) is 5.32 Å². The number of rotatable bonds is 5. The van der Waals surface area contributed by atoms with Crippen LogP contribution in [0.2, 0.25) is 0 Å². The van der Waals surface area contributed by atoms with Gasteiger partial charge in [0.25, 0.3) is 0 Å². The Kier molecular flexibility index (Phi) is 5.36. The normalized spacial score (nSPS) is 9.88. The van der Waals surface area contributed by atoms with Gasteiger partial charge in [-0.05, 0) is 24.5 Å². The van der Waals surface area contributed by atoms with Gasteiger partial charge in [0.1, 0.15) is 0 Å². The van der Waals surface area contributed by atoms with Crippen LogP contribution in [0, 0.1) is 0 Å². The molecule has 0 saturated heterocycles. The first-order valence-corrected chi connectivity index (χ1v) is 5.32. The summed E-state index contributed by atoms with van der Waals surface area (Å²) in [5, 5.41) is 13.0. The van der Waals surface area contributed by atoms with Crippen molar-refractivity contribution in [2.45, 2.75) is 19.9 Å². The second kappa shape index (κ2) is 6.85. The number of carbonyl (C=O) groups excluding carboxylic acids is 1. The van der Waals surface area contributed by atoms with Gasteiger partial charge in [-0.2, -0.15) is 0 Å². The lowest BCUT2D eigenvalue weighted by Crippen LogP contribution is -2.23. The summed E-state index contributed by atoms with van der Waals surface area (Å²) in [6.07, 6.45) is 0.136. The highest BCUT2D eigenvalue weighted by molar-refractivity contribution is 5.67. The van der Waals surface area contributed by atoms with Crippen molar-refractivity contribution < 1.29 is 14.6 Å². The molecule has 0 unspecified atom stereocenters. The second-order valence-corrected chi connectivity index (χ2v) is 3.34. The zero-order valence-electron chi connectivity index (χ0n) is 9.36. The van der Waals surface area contributed by atoms with Crippen molar-refractivity contribution in [2.75, 3.05) is 13.2 Å². The first-order valence-electron chi connectivity index (χ1n) is 5.32. The lowest BCUT2D eigenvalue weighted by atomic mass is 10.1. The average Bonchev–Trinajstić information content (AvgIpc) is 2.29. The van der Waals surface area contributed by atoms with E-state index in [0.717, 1.165) is 11.1 Å². The van der Waals surface area contributed by atoms with E-state index in [1.54, 1.807) is 6.92 Å². The lowest BCUT2D eigenvalue weighted by molar-refractivity contribution is 0.151. The summed E-state index contributed by atoms with van der Waals surface area (Å²) in [7, 11) is 0. The van der Waals surface area contributed by atoms with Crippen molar-refractivity contribution in [3.05, 3.63) is 35.4 Å². The standard InChI is InChI=1S/C12H16NO3/c1-2-16-12(15)13-9-11-5-3-10(4-6-11)7-8-14/h3-6H,2,7-9H2,1H3,(H,13,15). The highest BCUT2D eigenvalue weighted by Gasteiger charge is 2.00. The van der Waals surface area contributed by atoms with Crippen LogP contribution in [0.4, 0.5) is 4.79 Å². The van der Waals surface area contributed by atoms with Crippen LogP contribution in [0.1, 0.15) is 18.1 Å². The van der Waals surface area contributed by atoms with Crippen molar-refractivity contribution in [3.63, 3.8) is 0 Å². The van der Waals surface area contributed by atoms with Gasteiger partial charge >= 0.3 is 6.09 Å². The molecule has 0 saturated carbocycles. The van der Waals surface area contributed by atoms with E-state index in [1.165, 1.54) is 0 Å². The minimum absolute atomic E-state index is 0.0968. The maximum Gasteiger partial charge on any atom is 0.407 e. The molecule has 0 aliphatic carbocycles. The summed E-state index contributed by atoms with van der Waals surface area (Å²) < 4.78 is 4.73. The highest BCUT2D eigenvalue weighted by Crippen LogP contribution is 2.04. The quantitative estimate of drug-likeness (QED) is 0.827. The van der Waals surface area contributed by atoms with Crippen LogP contribution in [0.15, 0.2) is 24.3 Å². The Morgan fingerprint density at radius 1 is 1.25 bits per heavy atom. The average molecular weight is 222 g/mol. The molecule has 0 bridgehead atoms. The fourth-order valence-corrected chi connectivity index (χ4v) is 1.30. The fraction of sp³-hybridized carbons (Fsp3) is 0.417. The largest absolute Gasteiger partial charge is 0.450 e. The molecule has 0 aliphatic heterocycles. The molecule has 1 radical (unpaired) electrons. The molecule has 0 spiro atoms. The first-order chi connectivity index (χ1) is 7.76. The molecule has 1 amide bonds. The molecular formula is C12H16NO3. The second-order valence-electron chi connectivity index (χ2n) is 3.34. The van der Waals surface area contributed by atoms with Gasteiger partial charge in [-0.25, -0.2) is 9.90 Å². The number of nitrogens with one attached hydrogen (secondary N) is 1. The van der Waals surface area contributed by atoms with Gasteiger partial charge in [-0.3, -0.25) is 0 Å². The summed E-state index contributed by atoms with van der Waals surface area (Å²) in [6.45, 7) is 2.47. The molecule has 1 aromatic carbocycles. The van der Waals surface area contributed by atoms with Crippen LogP contribution in [0.3, 0.4) is 0 Å². The summed E-state index contributed by atoms with van der Waals surface area (Å²) in [6, 6.07) is 7.61. The molecule has 16 heavy (non-hydrogen) atoms. The number of carbonyl (C=O) groups is 1. The zero-order valence-corrected chi connectivity index (χ0v) is 9.36. The predicted molar refractivity (Wildman–Crippen MR) is 59.6 cm³/mol. The molecule has 1 aromatic rings. The predicted octanol–water partition coefficient (Wildman–Crippen LogP) is 1.91. The van der Waals surface area contributed by atoms with E-state index in [9.17, 15) is 9.90 Å². The molecule has 4 heteroatoms. The Morgan fingerprint density at radius 2 is 1.88 bits per heavy atom. The molecule has 1 rings (SSSR count). The SMILES string of the molecule is CCOC(=O)NCc1ccc(CC[O])cc1. The topological polar surface area (TPSA) is 58.2 Å².